The zero-order valence-electron chi connectivity index (χ0n) is 12.8. The molecular weight excluding hydrogens is 301 g/mol. The topological polar surface area (TPSA) is 38.2 Å². The number of benzene rings is 1. The molecule has 0 spiro atoms. The predicted octanol–water partition coefficient (Wildman–Crippen LogP) is 3.85. The number of ether oxygens (including phenoxy) is 1. The molecule has 0 atom stereocenters. The zero-order valence-corrected chi connectivity index (χ0v) is 13.6. The van der Waals surface area contributed by atoms with Crippen LogP contribution in [0.25, 0.3) is 0 Å². The van der Waals surface area contributed by atoms with E-state index >= 15 is 0 Å². The molecule has 0 N–H and O–H groups in total. The number of nitrogens with zero attached hydrogens (tertiary/aromatic N) is 3. The average molecular weight is 321 g/mol. The molecule has 0 saturated carbocycles. The fraction of sp³-hybridized carbons (Fsp3) is 0.500. The Morgan fingerprint density at radius 3 is 2.50 bits per heavy atom. The minimum absolute atomic E-state index is 0.180. The summed E-state index contributed by atoms with van der Waals surface area (Å²) >= 11 is 1.47. The van der Waals surface area contributed by atoms with Crippen molar-refractivity contribution in [1.82, 2.24) is 9.36 Å². The average Bonchev–Trinajstić information content (AvgIpc) is 3.00. The van der Waals surface area contributed by atoms with Gasteiger partial charge in [0, 0.05) is 43.4 Å². The van der Waals surface area contributed by atoms with Gasteiger partial charge in [0.2, 0.25) is 5.13 Å². The number of piperidine rings is 1. The smallest absolute Gasteiger partial charge is 0.205 e. The van der Waals surface area contributed by atoms with E-state index in [-0.39, 0.29) is 11.9 Å². The second kappa shape index (κ2) is 6.60. The summed E-state index contributed by atoms with van der Waals surface area (Å²) in [6, 6.07) is 6.22. The monoisotopic (exact) mass is 321 g/mol. The van der Waals surface area contributed by atoms with Crippen LogP contribution in [0.1, 0.15) is 38.4 Å². The Bertz CT molecular complexity index is 606. The van der Waals surface area contributed by atoms with Crippen molar-refractivity contribution >= 4 is 16.7 Å². The van der Waals surface area contributed by atoms with Crippen molar-refractivity contribution in [2.24, 2.45) is 0 Å². The highest BCUT2D eigenvalue weighted by atomic mass is 32.1. The molecule has 22 heavy (non-hydrogen) atoms. The van der Waals surface area contributed by atoms with Crippen molar-refractivity contribution in [2.45, 2.75) is 38.7 Å². The van der Waals surface area contributed by atoms with Crippen LogP contribution in [-0.4, -0.2) is 28.6 Å². The van der Waals surface area contributed by atoms with Gasteiger partial charge < -0.3 is 9.64 Å². The summed E-state index contributed by atoms with van der Waals surface area (Å²) in [7, 11) is 0. The van der Waals surface area contributed by atoms with Crippen LogP contribution in [0.3, 0.4) is 0 Å². The lowest BCUT2D eigenvalue weighted by Gasteiger charge is -2.31. The van der Waals surface area contributed by atoms with Crippen LogP contribution in [0.4, 0.5) is 9.52 Å². The Labute approximate surface area is 134 Å². The minimum atomic E-state index is -0.237. The summed E-state index contributed by atoms with van der Waals surface area (Å²) in [5.74, 6) is 1.78. The molecule has 0 bridgehead atoms. The highest BCUT2D eigenvalue weighted by molar-refractivity contribution is 7.09. The van der Waals surface area contributed by atoms with Crippen LogP contribution in [0.5, 0.6) is 5.75 Å². The molecule has 1 aliphatic heterocycles. The number of anilines is 1. The summed E-state index contributed by atoms with van der Waals surface area (Å²) in [5, 5.41) is 1.00. The van der Waals surface area contributed by atoms with E-state index in [0.29, 0.717) is 5.92 Å². The minimum Gasteiger partial charge on any atom is -0.490 e. The van der Waals surface area contributed by atoms with Gasteiger partial charge in [0.1, 0.15) is 23.5 Å². The lowest BCUT2D eigenvalue weighted by Crippen LogP contribution is -2.38. The van der Waals surface area contributed by atoms with Crippen molar-refractivity contribution in [1.29, 1.82) is 0 Å². The quantitative estimate of drug-likeness (QED) is 0.857. The van der Waals surface area contributed by atoms with Crippen LogP contribution in [-0.2, 0) is 0 Å². The number of halogens is 1. The van der Waals surface area contributed by atoms with Crippen molar-refractivity contribution in [3.63, 3.8) is 0 Å². The fourth-order valence-electron chi connectivity index (χ4n) is 2.46. The summed E-state index contributed by atoms with van der Waals surface area (Å²) in [5.41, 5.74) is 0. The van der Waals surface area contributed by atoms with Gasteiger partial charge in [-0.25, -0.2) is 9.37 Å². The molecule has 1 saturated heterocycles. The Kier molecular flexibility index (Phi) is 4.57. The van der Waals surface area contributed by atoms with E-state index in [1.54, 1.807) is 12.1 Å². The number of rotatable bonds is 4. The molecule has 0 unspecified atom stereocenters. The maximum Gasteiger partial charge on any atom is 0.205 e. The highest BCUT2D eigenvalue weighted by Gasteiger charge is 2.23. The van der Waals surface area contributed by atoms with Gasteiger partial charge in [0.25, 0.3) is 0 Å². The SMILES string of the molecule is CC(C)c1nsc(N2CCC(Oc3ccc(F)cc3)CC2)n1. The van der Waals surface area contributed by atoms with Gasteiger partial charge in [-0.15, -0.1) is 0 Å². The Balaban J connectivity index is 1.54. The molecule has 6 heteroatoms. The first-order valence-corrected chi connectivity index (χ1v) is 8.40. The predicted molar refractivity (Wildman–Crippen MR) is 86.3 cm³/mol. The molecule has 0 radical (unpaired) electrons. The first-order chi connectivity index (χ1) is 10.6. The normalized spacial score (nSPS) is 16.3. The van der Waals surface area contributed by atoms with Crippen LogP contribution in [0.2, 0.25) is 0 Å². The lowest BCUT2D eigenvalue weighted by atomic mass is 10.1. The molecule has 1 fully saturated rings. The molecule has 1 aromatic carbocycles. The summed E-state index contributed by atoms with van der Waals surface area (Å²) in [6.45, 7) is 6.04. The molecular formula is C16H20FN3OS. The van der Waals surface area contributed by atoms with E-state index < -0.39 is 0 Å². The van der Waals surface area contributed by atoms with Gasteiger partial charge in [-0.2, -0.15) is 4.37 Å². The Hall–Kier alpha value is -1.69. The van der Waals surface area contributed by atoms with E-state index in [9.17, 15) is 4.39 Å². The number of aromatic nitrogens is 2. The molecule has 0 aliphatic carbocycles. The third-order valence-corrected chi connectivity index (χ3v) is 4.57. The van der Waals surface area contributed by atoms with Crippen LogP contribution in [0, 0.1) is 5.82 Å². The molecule has 3 rings (SSSR count). The van der Waals surface area contributed by atoms with E-state index in [1.807, 2.05) is 0 Å². The third-order valence-electron chi connectivity index (χ3n) is 3.78. The fourth-order valence-corrected chi connectivity index (χ4v) is 3.32. The summed E-state index contributed by atoms with van der Waals surface area (Å²) in [4.78, 5) is 6.87. The van der Waals surface area contributed by atoms with Crippen LogP contribution in [0.15, 0.2) is 24.3 Å². The van der Waals surface area contributed by atoms with Crippen molar-refractivity contribution < 1.29 is 9.13 Å². The van der Waals surface area contributed by atoms with Crippen molar-refractivity contribution in [3.05, 3.63) is 35.9 Å². The van der Waals surface area contributed by atoms with E-state index in [0.717, 1.165) is 42.6 Å². The molecule has 118 valence electrons. The van der Waals surface area contributed by atoms with Gasteiger partial charge >= 0.3 is 0 Å². The molecule has 2 heterocycles. The van der Waals surface area contributed by atoms with E-state index in [1.165, 1.54) is 23.7 Å². The van der Waals surface area contributed by atoms with E-state index in [4.69, 9.17) is 4.74 Å². The standard InChI is InChI=1S/C16H20FN3OS/c1-11(2)15-18-16(22-19-15)20-9-7-14(8-10-20)21-13-5-3-12(17)4-6-13/h3-6,11,14H,7-10H2,1-2H3. The van der Waals surface area contributed by atoms with E-state index in [2.05, 4.69) is 28.1 Å². The zero-order chi connectivity index (χ0) is 15.5. The second-order valence-corrected chi connectivity index (χ2v) is 6.58. The first kappa shape index (κ1) is 15.2. The summed E-state index contributed by atoms with van der Waals surface area (Å²) in [6.07, 6.45) is 2.06. The Morgan fingerprint density at radius 2 is 1.91 bits per heavy atom. The molecule has 0 amide bonds. The first-order valence-electron chi connectivity index (χ1n) is 7.62. The van der Waals surface area contributed by atoms with Gasteiger partial charge in [-0.1, -0.05) is 13.8 Å². The lowest BCUT2D eigenvalue weighted by molar-refractivity contribution is 0.171. The van der Waals surface area contributed by atoms with Crippen LogP contribution < -0.4 is 9.64 Å². The number of hydrogen-bond acceptors (Lipinski definition) is 5. The van der Waals surface area contributed by atoms with Crippen molar-refractivity contribution in [2.75, 3.05) is 18.0 Å². The van der Waals surface area contributed by atoms with Crippen molar-refractivity contribution in [3.8, 4) is 5.75 Å². The molecule has 1 aliphatic rings. The maximum atomic E-state index is 12.9. The van der Waals surface area contributed by atoms with Gasteiger partial charge in [0.05, 0.1) is 0 Å². The van der Waals surface area contributed by atoms with Gasteiger partial charge in [0.15, 0.2) is 0 Å². The highest BCUT2D eigenvalue weighted by Crippen LogP contribution is 2.26. The van der Waals surface area contributed by atoms with Gasteiger partial charge in [-0.05, 0) is 24.3 Å². The van der Waals surface area contributed by atoms with Crippen LogP contribution >= 0.6 is 11.5 Å². The summed E-state index contributed by atoms with van der Waals surface area (Å²) < 4.78 is 23.2. The maximum absolute atomic E-state index is 12.9. The second-order valence-electron chi connectivity index (χ2n) is 5.85. The molecule has 4 nitrogen and oxygen atoms in total. The van der Waals surface area contributed by atoms with Gasteiger partial charge in [-0.3, -0.25) is 0 Å². The molecule has 2 aromatic rings. The molecule has 1 aromatic heterocycles. The Morgan fingerprint density at radius 1 is 1.23 bits per heavy atom. The third kappa shape index (κ3) is 3.55. The number of hydrogen-bond donors (Lipinski definition) is 0. The largest absolute Gasteiger partial charge is 0.490 e.